The van der Waals surface area contributed by atoms with Crippen molar-refractivity contribution in [3.8, 4) is 11.1 Å². The van der Waals surface area contributed by atoms with Gasteiger partial charge < -0.3 is 0 Å². The zero-order valence-electron chi connectivity index (χ0n) is 11.4. The molecule has 0 aliphatic heterocycles. The Kier molecular flexibility index (Phi) is 3.39. The predicted octanol–water partition coefficient (Wildman–Crippen LogP) is 5.69. The molecular formula is C18H18S. The second kappa shape index (κ2) is 5.18. The minimum Gasteiger partial charge on any atom is -0.140 e. The van der Waals surface area contributed by atoms with Crippen molar-refractivity contribution in [3.63, 3.8) is 0 Å². The molecule has 0 nitrogen and oxygen atoms in total. The van der Waals surface area contributed by atoms with Gasteiger partial charge in [0.2, 0.25) is 0 Å². The molecule has 0 fully saturated rings. The van der Waals surface area contributed by atoms with E-state index in [1.807, 2.05) is 11.3 Å². The summed E-state index contributed by atoms with van der Waals surface area (Å²) in [6.07, 6.45) is 2.27. The Morgan fingerprint density at radius 2 is 1.63 bits per heavy atom. The van der Waals surface area contributed by atoms with E-state index in [1.165, 1.54) is 21.2 Å². The molecule has 0 unspecified atom stereocenters. The lowest BCUT2D eigenvalue weighted by Gasteiger charge is -2.02. The highest BCUT2D eigenvalue weighted by atomic mass is 32.1. The fourth-order valence-electron chi connectivity index (χ4n) is 2.68. The molecule has 0 N–H and O–H groups in total. The molecule has 1 aromatic heterocycles. The van der Waals surface area contributed by atoms with Crippen LogP contribution in [0.4, 0.5) is 0 Å². The number of benzene rings is 2. The van der Waals surface area contributed by atoms with Gasteiger partial charge in [-0.1, -0.05) is 56.3 Å². The van der Waals surface area contributed by atoms with Crippen molar-refractivity contribution in [1.82, 2.24) is 0 Å². The monoisotopic (exact) mass is 266 g/mol. The van der Waals surface area contributed by atoms with Gasteiger partial charge in [0.05, 0.1) is 0 Å². The van der Waals surface area contributed by atoms with Crippen LogP contribution in [0.2, 0.25) is 0 Å². The first-order chi connectivity index (χ1) is 9.33. The molecule has 3 rings (SSSR count). The van der Waals surface area contributed by atoms with Crippen LogP contribution in [-0.2, 0) is 12.8 Å². The first kappa shape index (κ1) is 12.4. The average molecular weight is 266 g/mol. The molecule has 3 aromatic rings. The van der Waals surface area contributed by atoms with E-state index in [0.29, 0.717) is 0 Å². The minimum atomic E-state index is 1.13. The summed E-state index contributed by atoms with van der Waals surface area (Å²) in [5.74, 6) is 0. The lowest BCUT2D eigenvalue weighted by Crippen LogP contribution is -1.83. The molecule has 1 heteroatoms. The summed E-state index contributed by atoms with van der Waals surface area (Å²) in [6, 6.07) is 17.5. The summed E-state index contributed by atoms with van der Waals surface area (Å²) in [5.41, 5.74) is 4.16. The summed E-state index contributed by atoms with van der Waals surface area (Å²) >= 11 is 1.96. The molecule has 0 spiro atoms. The molecule has 0 aliphatic rings. The van der Waals surface area contributed by atoms with Crippen LogP contribution in [0.1, 0.15) is 24.3 Å². The highest BCUT2D eigenvalue weighted by Gasteiger charge is 2.10. The smallest absolute Gasteiger partial charge is 0.0354 e. The van der Waals surface area contributed by atoms with Crippen LogP contribution in [0.25, 0.3) is 21.2 Å². The lowest BCUT2D eigenvalue weighted by molar-refractivity contribution is 1.08. The topological polar surface area (TPSA) is 0 Å². The van der Waals surface area contributed by atoms with E-state index in [4.69, 9.17) is 0 Å². The van der Waals surface area contributed by atoms with Gasteiger partial charge in [0.25, 0.3) is 0 Å². The van der Waals surface area contributed by atoms with Gasteiger partial charge in [-0.25, -0.2) is 0 Å². The Balaban J connectivity index is 2.17. The van der Waals surface area contributed by atoms with Gasteiger partial charge in [-0.05, 0) is 41.0 Å². The predicted molar refractivity (Wildman–Crippen MR) is 86.0 cm³/mol. The van der Waals surface area contributed by atoms with Crippen molar-refractivity contribution in [2.45, 2.75) is 26.7 Å². The number of fused-ring (bicyclic) bond motifs is 1. The van der Waals surface area contributed by atoms with E-state index in [0.717, 1.165) is 12.8 Å². The molecule has 0 amide bonds. The number of hydrogen-bond donors (Lipinski definition) is 0. The largest absolute Gasteiger partial charge is 0.140 e. The molecule has 2 aromatic carbocycles. The Labute approximate surface area is 118 Å². The number of aryl methyl sites for hydroxylation is 2. The zero-order valence-corrected chi connectivity index (χ0v) is 12.3. The van der Waals surface area contributed by atoms with Crippen LogP contribution in [0, 0.1) is 0 Å². The number of hydrogen-bond acceptors (Lipinski definition) is 1. The lowest BCUT2D eigenvalue weighted by atomic mass is 10.0. The van der Waals surface area contributed by atoms with Crippen molar-refractivity contribution in [1.29, 1.82) is 0 Å². The zero-order chi connectivity index (χ0) is 13.2. The van der Waals surface area contributed by atoms with Crippen LogP contribution in [0.15, 0.2) is 48.5 Å². The Morgan fingerprint density at radius 1 is 0.842 bits per heavy atom. The van der Waals surface area contributed by atoms with E-state index >= 15 is 0 Å². The van der Waals surface area contributed by atoms with Gasteiger partial charge in [-0.15, -0.1) is 11.3 Å². The van der Waals surface area contributed by atoms with Crippen LogP contribution in [-0.4, -0.2) is 0 Å². The third kappa shape index (κ3) is 2.19. The van der Waals surface area contributed by atoms with E-state index in [2.05, 4.69) is 62.4 Å². The summed E-state index contributed by atoms with van der Waals surface area (Å²) in [4.78, 5) is 1.54. The van der Waals surface area contributed by atoms with Gasteiger partial charge in [0.15, 0.2) is 0 Å². The minimum absolute atomic E-state index is 1.13. The van der Waals surface area contributed by atoms with Crippen LogP contribution in [0.5, 0.6) is 0 Å². The SMILES string of the molecule is CCc1sc2cc(-c3ccccc3)ccc2c1CC. The summed E-state index contributed by atoms with van der Waals surface area (Å²) in [5, 5.41) is 1.45. The first-order valence-electron chi connectivity index (χ1n) is 6.93. The van der Waals surface area contributed by atoms with Crippen LogP contribution >= 0.6 is 11.3 Å². The molecule has 0 saturated heterocycles. The molecule has 0 radical (unpaired) electrons. The molecule has 19 heavy (non-hydrogen) atoms. The van der Waals surface area contributed by atoms with Crippen molar-refractivity contribution in [2.24, 2.45) is 0 Å². The molecule has 96 valence electrons. The van der Waals surface area contributed by atoms with Crippen molar-refractivity contribution in [2.75, 3.05) is 0 Å². The quantitative estimate of drug-likeness (QED) is 0.571. The van der Waals surface area contributed by atoms with Gasteiger partial charge >= 0.3 is 0 Å². The molecular weight excluding hydrogens is 248 g/mol. The normalized spacial score (nSPS) is 11.1. The van der Waals surface area contributed by atoms with Gasteiger partial charge in [0, 0.05) is 9.58 Å². The van der Waals surface area contributed by atoms with Crippen LogP contribution in [0.3, 0.4) is 0 Å². The Bertz CT molecular complexity index is 692. The fraction of sp³-hybridized carbons (Fsp3) is 0.222. The Morgan fingerprint density at radius 3 is 2.32 bits per heavy atom. The maximum atomic E-state index is 2.34. The van der Waals surface area contributed by atoms with E-state index in [-0.39, 0.29) is 0 Å². The second-order valence-corrected chi connectivity index (χ2v) is 5.92. The summed E-state index contributed by atoms with van der Waals surface area (Å²) < 4.78 is 1.43. The van der Waals surface area contributed by atoms with E-state index in [1.54, 1.807) is 10.4 Å². The molecule has 0 bridgehead atoms. The maximum Gasteiger partial charge on any atom is 0.0354 e. The highest BCUT2D eigenvalue weighted by molar-refractivity contribution is 7.19. The van der Waals surface area contributed by atoms with Crippen molar-refractivity contribution >= 4 is 21.4 Å². The van der Waals surface area contributed by atoms with Gasteiger partial charge in [0.1, 0.15) is 0 Å². The van der Waals surface area contributed by atoms with Crippen LogP contribution < -0.4 is 0 Å². The third-order valence-electron chi connectivity index (χ3n) is 3.66. The van der Waals surface area contributed by atoms with Gasteiger partial charge in [-0.2, -0.15) is 0 Å². The molecule has 1 heterocycles. The Hall–Kier alpha value is -1.60. The van der Waals surface area contributed by atoms with E-state index < -0.39 is 0 Å². The maximum absolute atomic E-state index is 2.34. The number of thiophene rings is 1. The standard InChI is InChI=1S/C18H18S/c1-3-15-16-11-10-14(13-8-6-5-7-9-13)12-18(16)19-17(15)4-2/h5-12H,3-4H2,1-2H3. The number of rotatable bonds is 3. The second-order valence-electron chi connectivity index (χ2n) is 4.79. The van der Waals surface area contributed by atoms with Crippen molar-refractivity contribution in [3.05, 3.63) is 59.0 Å². The third-order valence-corrected chi connectivity index (χ3v) is 5.00. The fourth-order valence-corrected chi connectivity index (χ4v) is 3.96. The van der Waals surface area contributed by atoms with Gasteiger partial charge in [-0.3, -0.25) is 0 Å². The molecule has 0 atom stereocenters. The summed E-state index contributed by atoms with van der Waals surface area (Å²) in [7, 11) is 0. The summed E-state index contributed by atoms with van der Waals surface area (Å²) in [6.45, 7) is 4.51. The van der Waals surface area contributed by atoms with Crippen molar-refractivity contribution < 1.29 is 0 Å². The van der Waals surface area contributed by atoms with E-state index in [9.17, 15) is 0 Å². The average Bonchev–Trinajstić information content (AvgIpc) is 2.84. The molecule has 0 aliphatic carbocycles. The first-order valence-corrected chi connectivity index (χ1v) is 7.74. The molecule has 0 saturated carbocycles. The highest BCUT2D eigenvalue weighted by Crippen LogP contribution is 2.35.